The van der Waals surface area contributed by atoms with Crippen molar-refractivity contribution in [2.75, 3.05) is 5.32 Å². The molecule has 7 nitrogen and oxygen atoms in total. The predicted molar refractivity (Wildman–Crippen MR) is 95.8 cm³/mol. The Morgan fingerprint density at radius 1 is 1.08 bits per heavy atom. The van der Waals surface area contributed by atoms with E-state index >= 15 is 0 Å². The van der Waals surface area contributed by atoms with E-state index < -0.39 is 0 Å². The van der Waals surface area contributed by atoms with Gasteiger partial charge in [0, 0.05) is 0 Å². The minimum atomic E-state index is -0.173. The molecule has 2 aromatic heterocycles. The topological polar surface area (TPSA) is 88.5 Å². The second-order valence-electron chi connectivity index (χ2n) is 5.72. The van der Waals surface area contributed by atoms with Crippen molar-refractivity contribution >= 4 is 16.9 Å². The van der Waals surface area contributed by atoms with E-state index in [4.69, 9.17) is 0 Å². The van der Waals surface area contributed by atoms with Crippen molar-refractivity contribution < 1.29 is 0 Å². The van der Waals surface area contributed by atoms with Gasteiger partial charge >= 0.3 is 0 Å². The highest BCUT2D eigenvalue weighted by atomic mass is 16.1. The van der Waals surface area contributed by atoms with E-state index in [9.17, 15) is 4.79 Å². The molecule has 25 heavy (non-hydrogen) atoms. The zero-order valence-electron chi connectivity index (χ0n) is 13.5. The summed E-state index contributed by atoms with van der Waals surface area (Å²) in [4.78, 5) is 19.3. The lowest BCUT2D eigenvalue weighted by Crippen LogP contribution is -2.15. The Kier molecular flexibility index (Phi) is 3.74. The SMILES string of the molecule is CC(Nc1nc2ccccc2c(=O)[nH]1)c1cn(-c2ccccc2)nn1. The van der Waals surface area contributed by atoms with Gasteiger partial charge in [0.1, 0.15) is 5.69 Å². The second kappa shape index (κ2) is 6.20. The number of aromatic nitrogens is 5. The number of aromatic amines is 1. The third-order valence-corrected chi connectivity index (χ3v) is 3.94. The predicted octanol–water partition coefficient (Wildman–Crippen LogP) is 2.68. The minimum Gasteiger partial charge on any atom is -0.347 e. The normalized spacial score (nSPS) is 12.2. The van der Waals surface area contributed by atoms with Crippen molar-refractivity contribution in [1.82, 2.24) is 25.0 Å². The van der Waals surface area contributed by atoms with E-state index in [0.29, 0.717) is 16.9 Å². The van der Waals surface area contributed by atoms with Crippen molar-refractivity contribution in [3.8, 4) is 5.69 Å². The van der Waals surface area contributed by atoms with Crippen LogP contribution in [-0.2, 0) is 0 Å². The van der Waals surface area contributed by atoms with Crippen LogP contribution in [0.3, 0.4) is 0 Å². The number of rotatable bonds is 4. The zero-order chi connectivity index (χ0) is 17.2. The van der Waals surface area contributed by atoms with Gasteiger partial charge in [0.25, 0.3) is 5.56 Å². The van der Waals surface area contributed by atoms with Gasteiger partial charge < -0.3 is 5.32 Å². The highest BCUT2D eigenvalue weighted by Gasteiger charge is 2.12. The highest BCUT2D eigenvalue weighted by Crippen LogP contribution is 2.16. The molecule has 124 valence electrons. The van der Waals surface area contributed by atoms with Crippen LogP contribution in [-0.4, -0.2) is 25.0 Å². The number of benzene rings is 2. The van der Waals surface area contributed by atoms with Crippen LogP contribution >= 0.6 is 0 Å². The minimum absolute atomic E-state index is 0.165. The molecule has 2 heterocycles. The number of anilines is 1. The second-order valence-corrected chi connectivity index (χ2v) is 5.72. The average molecular weight is 332 g/mol. The molecule has 0 radical (unpaired) electrons. The summed E-state index contributed by atoms with van der Waals surface area (Å²) in [6.07, 6.45) is 1.85. The van der Waals surface area contributed by atoms with Crippen LogP contribution in [0, 0.1) is 0 Å². The third kappa shape index (κ3) is 2.99. The van der Waals surface area contributed by atoms with Crippen LogP contribution in [0.15, 0.2) is 65.6 Å². The van der Waals surface area contributed by atoms with Gasteiger partial charge in [-0.1, -0.05) is 35.5 Å². The lowest BCUT2D eigenvalue weighted by molar-refractivity contribution is 0.777. The Hall–Kier alpha value is -3.48. The summed E-state index contributed by atoms with van der Waals surface area (Å²) >= 11 is 0. The summed E-state index contributed by atoms with van der Waals surface area (Å²) in [7, 11) is 0. The van der Waals surface area contributed by atoms with E-state index in [0.717, 1.165) is 11.4 Å². The molecule has 0 aliphatic heterocycles. The molecule has 4 aromatic rings. The molecule has 0 aliphatic carbocycles. The molecular formula is C18H16N6O. The molecule has 1 atom stereocenters. The average Bonchev–Trinajstić information content (AvgIpc) is 3.13. The van der Waals surface area contributed by atoms with Gasteiger partial charge in [-0.25, -0.2) is 9.67 Å². The fraction of sp³-hybridized carbons (Fsp3) is 0.111. The maximum absolute atomic E-state index is 12.1. The van der Waals surface area contributed by atoms with Gasteiger partial charge in [0.05, 0.1) is 28.8 Å². The summed E-state index contributed by atoms with van der Waals surface area (Å²) in [6.45, 7) is 1.94. The van der Waals surface area contributed by atoms with Crippen LogP contribution in [0.25, 0.3) is 16.6 Å². The first-order valence-electron chi connectivity index (χ1n) is 7.94. The molecule has 0 aliphatic rings. The Morgan fingerprint density at radius 3 is 2.68 bits per heavy atom. The van der Waals surface area contributed by atoms with Gasteiger partial charge in [-0.2, -0.15) is 0 Å². The molecule has 7 heteroatoms. The Bertz CT molecular complexity index is 1070. The first-order valence-corrected chi connectivity index (χ1v) is 7.94. The van der Waals surface area contributed by atoms with Gasteiger partial charge in [0.2, 0.25) is 5.95 Å². The fourth-order valence-corrected chi connectivity index (χ4v) is 2.62. The summed E-state index contributed by atoms with van der Waals surface area (Å²) in [5, 5.41) is 12.1. The van der Waals surface area contributed by atoms with Crippen LogP contribution < -0.4 is 10.9 Å². The summed E-state index contributed by atoms with van der Waals surface area (Å²) in [5.41, 5.74) is 2.16. The lowest BCUT2D eigenvalue weighted by Gasteiger charge is -2.11. The monoisotopic (exact) mass is 332 g/mol. The van der Waals surface area contributed by atoms with E-state index in [1.54, 1.807) is 10.7 Å². The summed E-state index contributed by atoms with van der Waals surface area (Å²) < 4.78 is 1.71. The summed E-state index contributed by atoms with van der Waals surface area (Å²) in [6, 6.07) is 16.8. The standard InChI is InChI=1S/C18H16N6O/c1-12(16-11-24(23-22-16)13-7-3-2-4-8-13)19-18-20-15-10-6-5-9-14(15)17(25)21-18/h2-12H,1H3,(H2,19,20,21,25). The largest absolute Gasteiger partial charge is 0.347 e. The molecule has 2 N–H and O–H groups in total. The Morgan fingerprint density at radius 2 is 1.84 bits per heavy atom. The molecule has 4 rings (SSSR count). The molecule has 0 spiro atoms. The molecule has 0 saturated heterocycles. The van der Waals surface area contributed by atoms with Crippen molar-refractivity contribution in [1.29, 1.82) is 0 Å². The lowest BCUT2D eigenvalue weighted by atomic mass is 10.2. The van der Waals surface area contributed by atoms with Gasteiger partial charge in [-0.15, -0.1) is 5.10 Å². The quantitative estimate of drug-likeness (QED) is 0.600. The van der Waals surface area contributed by atoms with E-state index in [1.165, 1.54) is 0 Å². The van der Waals surface area contributed by atoms with Gasteiger partial charge in [-0.3, -0.25) is 9.78 Å². The molecular weight excluding hydrogens is 316 g/mol. The zero-order valence-corrected chi connectivity index (χ0v) is 13.5. The number of hydrogen-bond acceptors (Lipinski definition) is 5. The maximum Gasteiger partial charge on any atom is 0.260 e. The van der Waals surface area contributed by atoms with Gasteiger partial charge in [-0.05, 0) is 31.2 Å². The summed E-state index contributed by atoms with van der Waals surface area (Å²) in [5.74, 6) is 0.408. The van der Waals surface area contributed by atoms with Crippen LogP contribution in [0.5, 0.6) is 0 Å². The van der Waals surface area contributed by atoms with Crippen LogP contribution in [0.2, 0.25) is 0 Å². The maximum atomic E-state index is 12.1. The van der Waals surface area contributed by atoms with E-state index in [2.05, 4.69) is 25.6 Å². The number of H-pyrrole nitrogens is 1. The highest BCUT2D eigenvalue weighted by molar-refractivity contribution is 5.78. The first kappa shape index (κ1) is 15.1. The number of fused-ring (bicyclic) bond motifs is 1. The molecule has 0 fully saturated rings. The molecule has 1 unspecified atom stereocenters. The molecule has 2 aromatic carbocycles. The number of para-hydroxylation sites is 2. The number of nitrogens with zero attached hydrogens (tertiary/aromatic N) is 4. The van der Waals surface area contributed by atoms with E-state index in [-0.39, 0.29) is 11.6 Å². The van der Waals surface area contributed by atoms with Crippen molar-refractivity contribution in [2.45, 2.75) is 13.0 Å². The van der Waals surface area contributed by atoms with Gasteiger partial charge in [0.15, 0.2) is 0 Å². The molecule has 0 bridgehead atoms. The van der Waals surface area contributed by atoms with Crippen LogP contribution in [0.4, 0.5) is 5.95 Å². The number of nitrogens with one attached hydrogen (secondary N) is 2. The Balaban J connectivity index is 1.59. The Labute approximate surface area is 143 Å². The fourth-order valence-electron chi connectivity index (χ4n) is 2.62. The molecule has 0 saturated carbocycles. The molecule has 0 amide bonds. The van der Waals surface area contributed by atoms with Crippen molar-refractivity contribution in [3.63, 3.8) is 0 Å². The van der Waals surface area contributed by atoms with Crippen molar-refractivity contribution in [2.24, 2.45) is 0 Å². The third-order valence-electron chi connectivity index (χ3n) is 3.94. The van der Waals surface area contributed by atoms with E-state index in [1.807, 2.05) is 61.7 Å². The number of hydrogen-bond donors (Lipinski definition) is 2. The first-order chi connectivity index (χ1) is 12.2. The van der Waals surface area contributed by atoms with Crippen molar-refractivity contribution in [3.05, 3.63) is 76.8 Å². The van der Waals surface area contributed by atoms with Crippen LogP contribution in [0.1, 0.15) is 18.7 Å². The smallest absolute Gasteiger partial charge is 0.260 e.